The number of fused-ring (bicyclic) bond motifs is 1. The molecule has 7 atom stereocenters. The fourth-order valence-corrected chi connectivity index (χ4v) is 7.23. The highest BCUT2D eigenvalue weighted by atomic mass is 35.5. The van der Waals surface area contributed by atoms with Gasteiger partial charge < -0.3 is 9.80 Å². The molecule has 13 heteroatoms. The lowest BCUT2D eigenvalue weighted by Crippen LogP contribution is -2.70. The van der Waals surface area contributed by atoms with Crippen LogP contribution in [0.1, 0.15) is 25.7 Å². The van der Waals surface area contributed by atoms with E-state index in [4.69, 9.17) is 17.0 Å². The molecule has 35 heavy (non-hydrogen) atoms. The Morgan fingerprint density at radius 3 is 2.34 bits per heavy atom. The van der Waals surface area contributed by atoms with E-state index < -0.39 is 12.2 Å². The molecule has 4 heterocycles. The standard InChI is InChI=1S/C22H39ClF3N9/c1-32-11-16(22(24,25)26)30-19(32)13-6-4-12(5-7-13)10-35-20-15(33(2)21(35)27)9-28-18(31-20)17-14(23)8-29-34(17)3/h12-20,27-31H,4-11H2,1-3H3. The van der Waals surface area contributed by atoms with Crippen LogP contribution in [-0.2, 0) is 0 Å². The highest BCUT2D eigenvalue weighted by Crippen LogP contribution is 2.37. The number of rotatable bonds is 4. The summed E-state index contributed by atoms with van der Waals surface area (Å²) >= 11 is 6.59. The molecule has 4 saturated heterocycles. The van der Waals surface area contributed by atoms with Crippen LogP contribution in [0.15, 0.2) is 0 Å². The summed E-state index contributed by atoms with van der Waals surface area (Å²) in [5, 5.41) is 21.0. The third-order valence-corrected chi connectivity index (χ3v) is 9.31. The molecule has 200 valence electrons. The minimum atomic E-state index is -4.20. The maximum absolute atomic E-state index is 13.2. The van der Waals surface area contributed by atoms with Crippen LogP contribution in [0.5, 0.6) is 0 Å². The van der Waals surface area contributed by atoms with Crippen molar-refractivity contribution in [1.82, 2.24) is 41.1 Å². The summed E-state index contributed by atoms with van der Waals surface area (Å²) in [4.78, 5) is 6.06. The third-order valence-electron chi connectivity index (χ3n) is 8.90. The van der Waals surface area contributed by atoms with Gasteiger partial charge in [-0.05, 0) is 44.6 Å². The van der Waals surface area contributed by atoms with E-state index in [1.54, 1.807) is 7.05 Å². The summed E-state index contributed by atoms with van der Waals surface area (Å²) in [7, 11) is 5.78. The number of likely N-dealkylation sites (N-methyl/N-ethyl adjacent to an activating group) is 3. The fourth-order valence-electron chi connectivity index (χ4n) is 6.85. The fraction of sp³-hybridized carbons (Fsp3) is 0.955. The largest absolute Gasteiger partial charge is 0.405 e. The highest BCUT2D eigenvalue weighted by Gasteiger charge is 2.50. The quantitative estimate of drug-likeness (QED) is 0.340. The van der Waals surface area contributed by atoms with Gasteiger partial charge in [0, 0.05) is 40.3 Å². The van der Waals surface area contributed by atoms with Gasteiger partial charge in [0.2, 0.25) is 0 Å². The summed E-state index contributed by atoms with van der Waals surface area (Å²) in [5.41, 5.74) is 3.30. The van der Waals surface area contributed by atoms with E-state index in [-0.39, 0.29) is 48.4 Å². The zero-order chi connectivity index (χ0) is 25.1. The van der Waals surface area contributed by atoms with E-state index in [1.165, 1.54) is 0 Å². The second-order valence-corrected chi connectivity index (χ2v) is 11.6. The van der Waals surface area contributed by atoms with E-state index in [2.05, 4.69) is 31.3 Å². The minimum absolute atomic E-state index is 0.0110. The van der Waals surface area contributed by atoms with Gasteiger partial charge in [-0.1, -0.05) is 0 Å². The van der Waals surface area contributed by atoms with E-state index >= 15 is 0 Å². The number of hydrogen-bond acceptors (Lipinski definition) is 7. The second kappa shape index (κ2) is 9.77. The Kier molecular flexibility index (Phi) is 7.19. The molecular formula is C22H39ClF3N9. The smallest absolute Gasteiger partial charge is 0.338 e. The Balaban J connectivity index is 1.18. The molecule has 0 aromatic rings. The first-order valence-corrected chi connectivity index (χ1v) is 13.2. The molecule has 0 aromatic carbocycles. The maximum Gasteiger partial charge on any atom is 0.405 e. The van der Waals surface area contributed by atoms with Crippen molar-refractivity contribution in [1.29, 1.82) is 5.41 Å². The molecule has 5 rings (SSSR count). The van der Waals surface area contributed by atoms with Crippen molar-refractivity contribution in [2.45, 2.75) is 73.9 Å². The Morgan fingerprint density at radius 2 is 1.74 bits per heavy atom. The zero-order valence-corrected chi connectivity index (χ0v) is 21.4. The van der Waals surface area contributed by atoms with Crippen LogP contribution in [0.4, 0.5) is 13.2 Å². The molecule has 4 aliphatic heterocycles. The van der Waals surface area contributed by atoms with Crippen LogP contribution in [0.2, 0.25) is 0 Å². The monoisotopic (exact) mass is 521 g/mol. The average molecular weight is 522 g/mol. The first-order chi connectivity index (χ1) is 16.5. The number of hydrazine groups is 1. The summed E-state index contributed by atoms with van der Waals surface area (Å²) < 4.78 is 39.6. The molecule has 1 aliphatic carbocycles. The van der Waals surface area contributed by atoms with Gasteiger partial charge in [-0.15, -0.1) is 11.6 Å². The highest BCUT2D eigenvalue weighted by molar-refractivity contribution is 6.21. The summed E-state index contributed by atoms with van der Waals surface area (Å²) in [6.07, 6.45) is -0.607. The van der Waals surface area contributed by atoms with E-state index in [0.29, 0.717) is 11.9 Å². The first kappa shape index (κ1) is 25.7. The van der Waals surface area contributed by atoms with Crippen LogP contribution < -0.4 is 21.4 Å². The Labute approximate surface area is 210 Å². The number of nitrogens with zero attached hydrogens (tertiary/aromatic N) is 4. The predicted octanol–water partition coefficient (Wildman–Crippen LogP) is 0.407. The minimum Gasteiger partial charge on any atom is -0.338 e. The van der Waals surface area contributed by atoms with Crippen molar-refractivity contribution in [3.8, 4) is 0 Å². The van der Waals surface area contributed by atoms with Crippen molar-refractivity contribution >= 4 is 17.6 Å². The Bertz CT molecular complexity index is 770. The summed E-state index contributed by atoms with van der Waals surface area (Å²) in [6, 6.07) is -1.17. The topological polar surface area (TPSA) is 84.9 Å². The van der Waals surface area contributed by atoms with Crippen molar-refractivity contribution in [3.05, 3.63) is 0 Å². The maximum atomic E-state index is 13.2. The van der Waals surface area contributed by atoms with Crippen LogP contribution >= 0.6 is 11.6 Å². The van der Waals surface area contributed by atoms with Gasteiger partial charge in [0.25, 0.3) is 0 Å². The predicted molar refractivity (Wildman–Crippen MR) is 129 cm³/mol. The van der Waals surface area contributed by atoms with Gasteiger partial charge >= 0.3 is 6.18 Å². The van der Waals surface area contributed by atoms with Crippen molar-refractivity contribution in [2.24, 2.45) is 11.8 Å². The molecule has 0 radical (unpaired) electrons. The molecule has 5 fully saturated rings. The SMILES string of the molecule is CN1CC(C(F)(F)F)NC1C1CCC(CN2C(=N)N(C)C3CNC(C4C(Cl)CNN4C)NC32)CC1. The lowest BCUT2D eigenvalue weighted by Gasteiger charge is -2.43. The number of nitrogens with one attached hydrogen (secondary N) is 5. The molecule has 0 spiro atoms. The van der Waals surface area contributed by atoms with Crippen molar-refractivity contribution in [2.75, 3.05) is 47.3 Å². The van der Waals surface area contributed by atoms with Gasteiger partial charge in [-0.2, -0.15) is 13.2 Å². The van der Waals surface area contributed by atoms with E-state index in [0.717, 1.165) is 45.3 Å². The number of halogens is 4. The first-order valence-electron chi connectivity index (χ1n) is 12.8. The van der Waals surface area contributed by atoms with Gasteiger partial charge in [-0.3, -0.25) is 31.7 Å². The second-order valence-electron chi connectivity index (χ2n) is 11.1. The van der Waals surface area contributed by atoms with Gasteiger partial charge in [0.15, 0.2) is 5.96 Å². The average Bonchev–Trinajstić information content (AvgIpc) is 3.44. The van der Waals surface area contributed by atoms with Gasteiger partial charge in [0.1, 0.15) is 12.2 Å². The van der Waals surface area contributed by atoms with Gasteiger partial charge in [-0.25, -0.2) is 5.01 Å². The molecule has 5 aliphatic rings. The molecule has 0 aromatic heterocycles. The molecule has 9 nitrogen and oxygen atoms in total. The Hall–Kier alpha value is -0.890. The van der Waals surface area contributed by atoms with Crippen molar-refractivity contribution < 1.29 is 13.2 Å². The number of guanidine groups is 1. The van der Waals surface area contributed by atoms with Crippen LogP contribution in [-0.4, -0.2) is 121 Å². The summed E-state index contributed by atoms with van der Waals surface area (Å²) in [5.74, 6) is 1.18. The molecule has 7 unspecified atom stereocenters. The van der Waals surface area contributed by atoms with Crippen LogP contribution in [0.3, 0.4) is 0 Å². The molecule has 5 N–H and O–H groups in total. The summed E-state index contributed by atoms with van der Waals surface area (Å²) in [6.45, 7) is 2.32. The molecule has 0 amide bonds. The third kappa shape index (κ3) is 4.87. The lowest BCUT2D eigenvalue weighted by molar-refractivity contribution is -0.150. The zero-order valence-electron chi connectivity index (χ0n) is 20.7. The normalized spacial score (nSPS) is 43.9. The van der Waals surface area contributed by atoms with E-state index in [1.807, 2.05) is 23.9 Å². The van der Waals surface area contributed by atoms with Gasteiger partial charge in [0.05, 0.1) is 29.8 Å². The molecule has 0 bridgehead atoms. The van der Waals surface area contributed by atoms with E-state index in [9.17, 15) is 13.2 Å². The van der Waals surface area contributed by atoms with Crippen molar-refractivity contribution in [3.63, 3.8) is 0 Å². The molecular weight excluding hydrogens is 483 g/mol. The number of hydrogen-bond donors (Lipinski definition) is 5. The van der Waals surface area contributed by atoms with Crippen LogP contribution in [0.25, 0.3) is 0 Å². The number of alkyl halides is 4. The Morgan fingerprint density at radius 1 is 1.03 bits per heavy atom. The van der Waals surface area contributed by atoms with Crippen LogP contribution in [0, 0.1) is 17.2 Å². The molecule has 1 saturated carbocycles. The lowest BCUT2D eigenvalue weighted by atomic mass is 9.80.